The molecular formula is C11H9N2. The molecule has 1 radical (unpaired) electrons. The summed E-state index contributed by atoms with van der Waals surface area (Å²) in [4.78, 5) is 0. The summed E-state index contributed by atoms with van der Waals surface area (Å²) in [5.74, 6) is 0. The summed E-state index contributed by atoms with van der Waals surface area (Å²) in [6.07, 6.45) is 0. The minimum absolute atomic E-state index is 0.891. The summed E-state index contributed by atoms with van der Waals surface area (Å²) < 4.78 is 0. The van der Waals surface area contributed by atoms with Crippen LogP contribution in [-0.2, 0) is 0 Å². The van der Waals surface area contributed by atoms with E-state index < -0.39 is 0 Å². The van der Waals surface area contributed by atoms with Crippen LogP contribution in [0.1, 0.15) is 5.69 Å². The molecule has 13 heavy (non-hydrogen) atoms. The Morgan fingerprint density at radius 2 is 2.08 bits per heavy atom. The maximum atomic E-state index is 4.08. The van der Waals surface area contributed by atoms with Gasteiger partial charge in [0.15, 0.2) is 0 Å². The minimum atomic E-state index is 0.891. The molecule has 2 nitrogen and oxygen atoms in total. The first-order valence-electron chi connectivity index (χ1n) is 4.13. The van der Waals surface area contributed by atoms with E-state index in [0.29, 0.717) is 0 Å². The molecule has 0 amide bonds. The molecule has 1 heterocycles. The average Bonchev–Trinajstić information content (AvgIpc) is 2.20. The number of hydrogen-bond acceptors (Lipinski definition) is 2. The normalized spacial score (nSPS) is 9.92. The van der Waals surface area contributed by atoms with Crippen molar-refractivity contribution in [3.63, 3.8) is 0 Å². The topological polar surface area (TPSA) is 25.8 Å². The van der Waals surface area contributed by atoms with Crippen LogP contribution >= 0.6 is 0 Å². The molecule has 0 bridgehead atoms. The fraction of sp³-hybridized carbons (Fsp3) is 0.0909. The highest BCUT2D eigenvalue weighted by Crippen LogP contribution is 2.14. The van der Waals surface area contributed by atoms with Crippen molar-refractivity contribution < 1.29 is 0 Å². The third kappa shape index (κ3) is 1.72. The highest BCUT2D eigenvalue weighted by Gasteiger charge is 1.96. The first-order valence-corrected chi connectivity index (χ1v) is 4.13. The molecule has 63 valence electrons. The largest absolute Gasteiger partial charge is 0.155 e. The van der Waals surface area contributed by atoms with E-state index in [4.69, 9.17) is 0 Å². The van der Waals surface area contributed by atoms with E-state index in [-0.39, 0.29) is 0 Å². The van der Waals surface area contributed by atoms with E-state index in [1.165, 1.54) is 0 Å². The second-order valence-corrected chi connectivity index (χ2v) is 2.85. The Labute approximate surface area is 77.3 Å². The highest BCUT2D eigenvalue weighted by atomic mass is 15.1. The lowest BCUT2D eigenvalue weighted by molar-refractivity contribution is 0.987. The van der Waals surface area contributed by atoms with Gasteiger partial charge in [0.2, 0.25) is 0 Å². The van der Waals surface area contributed by atoms with Crippen molar-refractivity contribution in [2.75, 3.05) is 0 Å². The standard InChI is InChI=1S/C11H9N2/c1-9-7-8-11(13-12-9)10-5-3-2-4-6-10/h2-3,5-8H,1H3. The zero-order valence-corrected chi connectivity index (χ0v) is 7.36. The van der Waals surface area contributed by atoms with Crippen molar-refractivity contribution in [2.45, 2.75) is 6.92 Å². The van der Waals surface area contributed by atoms with Gasteiger partial charge in [-0.15, -0.1) is 0 Å². The van der Waals surface area contributed by atoms with Crippen LogP contribution < -0.4 is 0 Å². The van der Waals surface area contributed by atoms with Crippen LogP contribution in [0.5, 0.6) is 0 Å². The van der Waals surface area contributed by atoms with Gasteiger partial charge in [0.1, 0.15) is 0 Å². The van der Waals surface area contributed by atoms with Crippen LogP contribution in [0.25, 0.3) is 11.3 Å². The van der Waals surface area contributed by atoms with Crippen LogP contribution in [0.15, 0.2) is 36.4 Å². The summed E-state index contributed by atoms with van der Waals surface area (Å²) in [6, 6.07) is 14.6. The van der Waals surface area contributed by atoms with Gasteiger partial charge in [-0.25, -0.2) is 0 Å². The zero-order chi connectivity index (χ0) is 9.10. The first-order chi connectivity index (χ1) is 6.36. The second-order valence-electron chi connectivity index (χ2n) is 2.85. The van der Waals surface area contributed by atoms with Gasteiger partial charge in [-0.1, -0.05) is 18.2 Å². The molecule has 0 fully saturated rings. The van der Waals surface area contributed by atoms with Crippen molar-refractivity contribution in [3.05, 3.63) is 48.2 Å². The molecule has 2 aromatic rings. The molecule has 0 N–H and O–H groups in total. The van der Waals surface area contributed by atoms with Gasteiger partial charge >= 0.3 is 0 Å². The zero-order valence-electron chi connectivity index (χ0n) is 7.36. The van der Waals surface area contributed by atoms with Gasteiger partial charge in [-0.2, -0.15) is 10.2 Å². The van der Waals surface area contributed by atoms with E-state index in [9.17, 15) is 0 Å². The van der Waals surface area contributed by atoms with Crippen LogP contribution in [-0.4, -0.2) is 10.2 Å². The Balaban J connectivity index is 2.42. The Kier molecular flexibility index (Phi) is 2.04. The molecule has 0 saturated carbocycles. The molecule has 1 aromatic carbocycles. The quantitative estimate of drug-likeness (QED) is 0.654. The van der Waals surface area contributed by atoms with Crippen LogP contribution in [0.2, 0.25) is 0 Å². The molecule has 0 saturated heterocycles. The van der Waals surface area contributed by atoms with Crippen molar-refractivity contribution in [1.82, 2.24) is 10.2 Å². The third-order valence-electron chi connectivity index (χ3n) is 1.80. The van der Waals surface area contributed by atoms with Crippen molar-refractivity contribution in [3.8, 4) is 11.3 Å². The van der Waals surface area contributed by atoms with E-state index in [1.807, 2.05) is 43.3 Å². The van der Waals surface area contributed by atoms with Crippen LogP contribution in [0.3, 0.4) is 0 Å². The number of aromatic nitrogens is 2. The van der Waals surface area contributed by atoms with Crippen molar-refractivity contribution in [1.29, 1.82) is 0 Å². The molecular weight excluding hydrogens is 160 g/mol. The lowest BCUT2D eigenvalue weighted by atomic mass is 10.1. The molecule has 2 rings (SSSR count). The van der Waals surface area contributed by atoms with Gasteiger partial charge in [0.25, 0.3) is 0 Å². The van der Waals surface area contributed by atoms with Crippen molar-refractivity contribution >= 4 is 0 Å². The van der Waals surface area contributed by atoms with Gasteiger partial charge < -0.3 is 0 Å². The molecule has 2 heteroatoms. The highest BCUT2D eigenvalue weighted by molar-refractivity contribution is 5.57. The molecule has 0 spiro atoms. The molecule has 0 aliphatic carbocycles. The van der Waals surface area contributed by atoms with E-state index in [0.717, 1.165) is 17.0 Å². The Hall–Kier alpha value is -1.70. The summed E-state index contributed by atoms with van der Waals surface area (Å²) in [5.41, 5.74) is 2.88. The Morgan fingerprint density at radius 3 is 2.69 bits per heavy atom. The average molecular weight is 169 g/mol. The van der Waals surface area contributed by atoms with Gasteiger partial charge in [0, 0.05) is 5.56 Å². The van der Waals surface area contributed by atoms with Gasteiger partial charge in [-0.05, 0) is 31.2 Å². The van der Waals surface area contributed by atoms with Crippen molar-refractivity contribution in [2.24, 2.45) is 0 Å². The number of hydrogen-bond donors (Lipinski definition) is 0. The smallest absolute Gasteiger partial charge is 0.0930 e. The maximum absolute atomic E-state index is 4.08. The molecule has 0 atom stereocenters. The number of nitrogens with zero attached hydrogens (tertiary/aromatic N) is 2. The van der Waals surface area contributed by atoms with Crippen LogP contribution in [0.4, 0.5) is 0 Å². The molecule has 0 aliphatic rings. The Bertz CT molecular complexity index is 379. The molecule has 0 aliphatic heterocycles. The number of aryl methyl sites for hydroxylation is 1. The Morgan fingerprint density at radius 1 is 1.15 bits per heavy atom. The SMILES string of the molecule is Cc1ccc(-c2c[c]ccc2)nn1. The summed E-state index contributed by atoms with van der Waals surface area (Å²) in [7, 11) is 0. The fourth-order valence-corrected chi connectivity index (χ4v) is 1.11. The van der Waals surface area contributed by atoms with Gasteiger partial charge in [-0.3, -0.25) is 0 Å². The summed E-state index contributed by atoms with van der Waals surface area (Å²) in [6.45, 7) is 1.92. The second kappa shape index (κ2) is 3.35. The predicted octanol–water partition coefficient (Wildman–Crippen LogP) is 2.25. The van der Waals surface area contributed by atoms with E-state index in [1.54, 1.807) is 0 Å². The predicted molar refractivity (Wildman–Crippen MR) is 51.0 cm³/mol. The van der Waals surface area contributed by atoms with E-state index >= 15 is 0 Å². The van der Waals surface area contributed by atoms with Gasteiger partial charge in [0.05, 0.1) is 11.4 Å². The van der Waals surface area contributed by atoms with E-state index in [2.05, 4.69) is 16.3 Å². The number of benzene rings is 1. The third-order valence-corrected chi connectivity index (χ3v) is 1.80. The lowest BCUT2D eigenvalue weighted by Gasteiger charge is -1.98. The summed E-state index contributed by atoms with van der Waals surface area (Å²) in [5, 5.41) is 8.07. The molecule has 0 unspecified atom stereocenters. The molecule has 1 aromatic heterocycles. The monoisotopic (exact) mass is 169 g/mol. The lowest BCUT2D eigenvalue weighted by Crippen LogP contribution is -1.88. The minimum Gasteiger partial charge on any atom is -0.155 e. The fourth-order valence-electron chi connectivity index (χ4n) is 1.11. The summed E-state index contributed by atoms with van der Waals surface area (Å²) >= 11 is 0. The maximum Gasteiger partial charge on any atom is 0.0930 e. The first kappa shape index (κ1) is 7.92. The number of rotatable bonds is 1. The van der Waals surface area contributed by atoms with Crippen LogP contribution in [0, 0.1) is 13.0 Å².